The van der Waals surface area contributed by atoms with Crippen LogP contribution in [-0.4, -0.2) is 45.8 Å². The number of nitrogens with zero attached hydrogens (tertiary/aromatic N) is 3. The van der Waals surface area contributed by atoms with E-state index in [-0.39, 0.29) is 12.0 Å². The van der Waals surface area contributed by atoms with Crippen molar-refractivity contribution in [3.8, 4) is 5.88 Å². The van der Waals surface area contributed by atoms with E-state index in [1.54, 1.807) is 12.3 Å². The van der Waals surface area contributed by atoms with Crippen molar-refractivity contribution in [2.24, 2.45) is 0 Å². The molecule has 1 aliphatic rings. The number of rotatable bonds is 5. The highest BCUT2D eigenvalue weighted by Crippen LogP contribution is 2.17. The van der Waals surface area contributed by atoms with Crippen molar-refractivity contribution in [1.29, 1.82) is 0 Å². The van der Waals surface area contributed by atoms with Crippen LogP contribution in [0.2, 0.25) is 0 Å². The molecule has 6 heteroatoms. The molecule has 1 aliphatic heterocycles. The average molecular weight is 298 g/mol. The average Bonchev–Trinajstić information content (AvgIpc) is 2.45. The Kier molecular flexibility index (Phi) is 5.59. The van der Waals surface area contributed by atoms with Crippen LogP contribution in [0.1, 0.15) is 31.5 Å². The molecule has 1 amide bonds. The predicted molar refractivity (Wildman–Crippen MR) is 77.0 cm³/mol. The van der Waals surface area contributed by atoms with Gasteiger partial charge in [0.1, 0.15) is 11.9 Å². The summed E-state index contributed by atoms with van der Waals surface area (Å²) < 4.78 is 5.85. The zero-order valence-corrected chi connectivity index (χ0v) is 12.5. The second kappa shape index (κ2) is 7.43. The van der Waals surface area contributed by atoms with Gasteiger partial charge in [-0.25, -0.2) is 4.98 Å². The Balaban J connectivity index is 1.88. The van der Waals surface area contributed by atoms with Crippen LogP contribution >= 0.6 is 11.6 Å². The minimum atomic E-state index is 0.0120. The zero-order chi connectivity index (χ0) is 14.4. The lowest BCUT2D eigenvalue weighted by Crippen LogP contribution is -2.44. The fourth-order valence-electron chi connectivity index (χ4n) is 2.31. The number of carbonyl (C=O) groups excluding carboxylic acids is 1. The van der Waals surface area contributed by atoms with Crippen LogP contribution < -0.4 is 4.74 Å². The van der Waals surface area contributed by atoms with Crippen LogP contribution in [0.5, 0.6) is 5.88 Å². The Bertz CT molecular complexity index is 456. The Labute approximate surface area is 124 Å². The smallest absolute Gasteiger partial charge is 0.222 e. The molecule has 1 saturated heterocycles. The molecule has 1 unspecified atom stereocenters. The third kappa shape index (κ3) is 4.34. The lowest BCUT2D eigenvalue weighted by atomic mass is 10.1. The van der Waals surface area contributed by atoms with Crippen molar-refractivity contribution in [1.82, 2.24) is 14.9 Å². The van der Waals surface area contributed by atoms with Gasteiger partial charge in [-0.2, -0.15) is 4.98 Å². The number of amides is 1. The van der Waals surface area contributed by atoms with E-state index in [4.69, 9.17) is 16.3 Å². The normalized spacial score (nSPS) is 18.9. The zero-order valence-electron chi connectivity index (χ0n) is 11.7. The first kappa shape index (κ1) is 15.0. The minimum Gasteiger partial charge on any atom is -0.472 e. The van der Waals surface area contributed by atoms with Crippen molar-refractivity contribution in [3.63, 3.8) is 0 Å². The van der Waals surface area contributed by atoms with Crippen molar-refractivity contribution < 1.29 is 9.53 Å². The quantitative estimate of drug-likeness (QED) is 0.782. The fourth-order valence-corrected chi connectivity index (χ4v) is 2.44. The van der Waals surface area contributed by atoms with Crippen LogP contribution in [0.4, 0.5) is 0 Å². The summed E-state index contributed by atoms with van der Waals surface area (Å²) >= 11 is 5.63. The molecule has 0 bridgehead atoms. The molecule has 1 atom stereocenters. The molecule has 1 fully saturated rings. The van der Waals surface area contributed by atoms with Crippen LogP contribution in [-0.2, 0) is 4.79 Å². The first-order valence-electron chi connectivity index (χ1n) is 6.99. The number of aryl methyl sites for hydroxylation is 1. The minimum absolute atomic E-state index is 0.0120. The summed E-state index contributed by atoms with van der Waals surface area (Å²) in [5.41, 5.74) is 0. The number of hydrogen-bond donors (Lipinski definition) is 0. The molecule has 5 nitrogen and oxygen atoms in total. The molecule has 1 aromatic rings. The maximum atomic E-state index is 12.0. The van der Waals surface area contributed by atoms with E-state index < -0.39 is 0 Å². The predicted octanol–water partition coefficient (Wildman–Crippen LogP) is 2.17. The van der Waals surface area contributed by atoms with Gasteiger partial charge < -0.3 is 9.64 Å². The van der Waals surface area contributed by atoms with Crippen LogP contribution in [0.3, 0.4) is 0 Å². The van der Waals surface area contributed by atoms with E-state index in [0.29, 0.717) is 30.5 Å². The van der Waals surface area contributed by atoms with Crippen molar-refractivity contribution in [3.05, 3.63) is 18.1 Å². The van der Waals surface area contributed by atoms with Gasteiger partial charge in [0.2, 0.25) is 11.8 Å². The van der Waals surface area contributed by atoms with Crippen molar-refractivity contribution >= 4 is 17.5 Å². The summed E-state index contributed by atoms with van der Waals surface area (Å²) in [6, 6.07) is 1.75. The molecule has 2 heterocycles. The fraction of sp³-hybridized carbons (Fsp3) is 0.643. The van der Waals surface area contributed by atoms with Gasteiger partial charge in [-0.1, -0.05) is 0 Å². The number of aromatic nitrogens is 2. The topological polar surface area (TPSA) is 55.3 Å². The number of carbonyl (C=O) groups is 1. The van der Waals surface area contributed by atoms with Gasteiger partial charge >= 0.3 is 0 Å². The van der Waals surface area contributed by atoms with E-state index in [1.165, 1.54) is 0 Å². The Hall–Kier alpha value is -1.36. The van der Waals surface area contributed by atoms with Crippen molar-refractivity contribution in [2.75, 3.05) is 19.0 Å². The molecule has 110 valence electrons. The molecule has 0 aromatic carbocycles. The molecular formula is C14H20ClN3O2. The highest BCUT2D eigenvalue weighted by molar-refractivity contribution is 6.17. The number of alkyl halides is 1. The second-order valence-electron chi connectivity index (χ2n) is 4.96. The summed E-state index contributed by atoms with van der Waals surface area (Å²) in [6.45, 7) is 3.27. The Morgan fingerprint density at radius 1 is 1.60 bits per heavy atom. The standard InChI is InChI=1S/C14H20ClN3O2/c1-11-16-8-6-13(17-11)20-12-4-3-9-18(10-12)14(19)5-2-7-15/h6,8,12H,2-5,7,9-10H2,1H3. The lowest BCUT2D eigenvalue weighted by Gasteiger charge is -2.32. The van der Waals surface area contributed by atoms with E-state index in [9.17, 15) is 4.79 Å². The van der Waals surface area contributed by atoms with E-state index in [1.807, 2.05) is 11.8 Å². The van der Waals surface area contributed by atoms with Gasteiger partial charge in [-0.15, -0.1) is 11.6 Å². The summed E-state index contributed by atoms with van der Waals surface area (Å²) in [4.78, 5) is 22.1. The molecular weight excluding hydrogens is 278 g/mol. The van der Waals surface area contributed by atoms with Crippen LogP contribution in [0.15, 0.2) is 12.3 Å². The molecule has 1 aromatic heterocycles. The molecule has 0 spiro atoms. The van der Waals surface area contributed by atoms with Crippen molar-refractivity contribution in [2.45, 2.75) is 38.7 Å². The number of likely N-dealkylation sites (tertiary alicyclic amines) is 1. The molecule has 20 heavy (non-hydrogen) atoms. The highest BCUT2D eigenvalue weighted by atomic mass is 35.5. The maximum Gasteiger partial charge on any atom is 0.222 e. The van der Waals surface area contributed by atoms with Gasteiger partial charge in [0.05, 0.1) is 6.54 Å². The van der Waals surface area contributed by atoms with E-state index >= 15 is 0 Å². The summed E-state index contributed by atoms with van der Waals surface area (Å²) in [5, 5.41) is 0. The maximum absolute atomic E-state index is 12.0. The summed E-state index contributed by atoms with van der Waals surface area (Å²) in [7, 11) is 0. The molecule has 0 saturated carbocycles. The summed E-state index contributed by atoms with van der Waals surface area (Å²) in [6.07, 6.45) is 4.85. The van der Waals surface area contributed by atoms with Gasteiger partial charge in [-0.3, -0.25) is 4.79 Å². The van der Waals surface area contributed by atoms with Crippen LogP contribution in [0, 0.1) is 6.92 Å². The molecule has 0 aliphatic carbocycles. The van der Waals surface area contributed by atoms with Crippen LogP contribution in [0.25, 0.3) is 0 Å². The Morgan fingerprint density at radius 2 is 2.45 bits per heavy atom. The SMILES string of the molecule is Cc1nccc(OC2CCCN(C(=O)CCCCl)C2)n1. The highest BCUT2D eigenvalue weighted by Gasteiger charge is 2.24. The molecule has 0 N–H and O–H groups in total. The van der Waals surface area contributed by atoms with E-state index in [0.717, 1.165) is 25.8 Å². The molecule has 0 radical (unpaired) electrons. The van der Waals surface area contributed by atoms with E-state index in [2.05, 4.69) is 9.97 Å². The van der Waals surface area contributed by atoms with Gasteiger partial charge in [0.25, 0.3) is 0 Å². The van der Waals surface area contributed by atoms with Gasteiger partial charge in [-0.05, 0) is 26.2 Å². The van der Waals surface area contributed by atoms with Gasteiger partial charge in [0, 0.05) is 31.1 Å². The number of hydrogen-bond acceptors (Lipinski definition) is 4. The Morgan fingerprint density at radius 3 is 3.20 bits per heavy atom. The lowest BCUT2D eigenvalue weighted by molar-refractivity contribution is -0.133. The third-order valence-electron chi connectivity index (χ3n) is 3.29. The number of halogens is 1. The monoisotopic (exact) mass is 297 g/mol. The third-order valence-corrected chi connectivity index (χ3v) is 3.56. The largest absolute Gasteiger partial charge is 0.472 e. The van der Waals surface area contributed by atoms with Gasteiger partial charge in [0.15, 0.2) is 0 Å². The number of piperidine rings is 1. The first-order chi connectivity index (χ1) is 9.69. The molecule has 2 rings (SSSR count). The number of ether oxygens (including phenoxy) is 1. The second-order valence-corrected chi connectivity index (χ2v) is 5.33. The summed E-state index contributed by atoms with van der Waals surface area (Å²) in [5.74, 6) is 1.96. The first-order valence-corrected chi connectivity index (χ1v) is 7.52.